The number of hydrogen-bond donors (Lipinski definition) is 1. The van der Waals surface area contributed by atoms with Crippen molar-refractivity contribution in [3.8, 4) is 0 Å². The van der Waals surface area contributed by atoms with E-state index < -0.39 is 9.84 Å². The Morgan fingerprint density at radius 2 is 2.00 bits per heavy atom. The van der Waals surface area contributed by atoms with E-state index in [2.05, 4.69) is 10.2 Å². The van der Waals surface area contributed by atoms with Gasteiger partial charge in [0.1, 0.15) is 19.9 Å². The van der Waals surface area contributed by atoms with Crippen molar-refractivity contribution >= 4 is 21.2 Å². The van der Waals surface area contributed by atoms with E-state index in [0.29, 0.717) is 19.4 Å². The van der Waals surface area contributed by atoms with Crippen molar-refractivity contribution in [2.45, 2.75) is 25.2 Å². The largest absolute Gasteiger partial charge is 0.330 e. The Hall–Kier alpha value is -0.530. The zero-order valence-corrected chi connectivity index (χ0v) is 10.6. The first-order valence-corrected chi connectivity index (χ1v) is 7.97. The molecule has 7 heteroatoms. The number of rotatable bonds is 3. The zero-order valence-electron chi connectivity index (χ0n) is 8.92. The fourth-order valence-electron chi connectivity index (χ4n) is 1.79. The molecular weight excluding hydrogens is 246 g/mol. The van der Waals surface area contributed by atoms with Crippen LogP contribution in [0.5, 0.6) is 0 Å². The van der Waals surface area contributed by atoms with E-state index in [0.717, 1.165) is 16.4 Å². The SMILES string of the molecule is NCCc1nnc(C2CCS(=O)(=O)CC2)s1. The average Bonchev–Trinajstić information content (AvgIpc) is 2.67. The number of aromatic nitrogens is 2. The molecule has 1 aromatic rings. The Labute approximate surface area is 99.0 Å². The molecule has 2 rings (SSSR count). The van der Waals surface area contributed by atoms with Gasteiger partial charge in [-0.2, -0.15) is 0 Å². The summed E-state index contributed by atoms with van der Waals surface area (Å²) in [4.78, 5) is 0. The van der Waals surface area contributed by atoms with Crippen LogP contribution in [-0.2, 0) is 16.3 Å². The molecule has 2 N–H and O–H groups in total. The third kappa shape index (κ3) is 2.78. The number of hydrogen-bond acceptors (Lipinski definition) is 6. The summed E-state index contributed by atoms with van der Waals surface area (Å²) in [6, 6.07) is 0. The molecule has 0 aromatic carbocycles. The van der Waals surface area contributed by atoms with Gasteiger partial charge in [0, 0.05) is 12.3 Å². The molecule has 90 valence electrons. The van der Waals surface area contributed by atoms with Gasteiger partial charge >= 0.3 is 0 Å². The predicted octanol–water partition coefficient (Wildman–Crippen LogP) is 0.331. The van der Waals surface area contributed by atoms with Gasteiger partial charge in [-0.1, -0.05) is 0 Å². The molecule has 1 aromatic heterocycles. The smallest absolute Gasteiger partial charge is 0.150 e. The van der Waals surface area contributed by atoms with Gasteiger partial charge in [-0.15, -0.1) is 21.5 Å². The van der Waals surface area contributed by atoms with Gasteiger partial charge < -0.3 is 5.73 Å². The zero-order chi connectivity index (χ0) is 11.6. The number of nitrogens with zero attached hydrogens (tertiary/aromatic N) is 2. The van der Waals surface area contributed by atoms with Gasteiger partial charge in [0.25, 0.3) is 0 Å². The second-order valence-corrected chi connectivity index (χ2v) is 7.40. The maximum Gasteiger partial charge on any atom is 0.150 e. The Balaban J connectivity index is 2.02. The minimum atomic E-state index is -2.79. The molecule has 0 bridgehead atoms. The van der Waals surface area contributed by atoms with Crippen LogP contribution in [0.1, 0.15) is 28.8 Å². The van der Waals surface area contributed by atoms with Crippen LogP contribution in [0.3, 0.4) is 0 Å². The first-order valence-electron chi connectivity index (χ1n) is 5.33. The quantitative estimate of drug-likeness (QED) is 0.847. The summed E-state index contributed by atoms with van der Waals surface area (Å²) in [5, 5.41) is 10.1. The van der Waals surface area contributed by atoms with E-state index in [4.69, 9.17) is 5.73 Å². The highest BCUT2D eigenvalue weighted by atomic mass is 32.2. The first kappa shape index (κ1) is 11.9. The maximum atomic E-state index is 11.3. The van der Waals surface area contributed by atoms with E-state index in [1.807, 2.05) is 0 Å². The molecule has 1 aliphatic heterocycles. The lowest BCUT2D eigenvalue weighted by Crippen LogP contribution is -2.22. The Morgan fingerprint density at radius 1 is 1.31 bits per heavy atom. The summed E-state index contributed by atoms with van der Waals surface area (Å²) in [6.07, 6.45) is 2.11. The summed E-state index contributed by atoms with van der Waals surface area (Å²) >= 11 is 1.57. The van der Waals surface area contributed by atoms with E-state index in [9.17, 15) is 8.42 Å². The molecular formula is C9H15N3O2S2. The molecule has 0 radical (unpaired) electrons. The molecule has 16 heavy (non-hydrogen) atoms. The van der Waals surface area contributed by atoms with Crippen LogP contribution >= 0.6 is 11.3 Å². The fourth-order valence-corrected chi connectivity index (χ4v) is 4.31. The van der Waals surface area contributed by atoms with Crippen molar-refractivity contribution in [2.75, 3.05) is 18.1 Å². The lowest BCUT2D eigenvalue weighted by Gasteiger charge is -2.18. The lowest BCUT2D eigenvalue weighted by molar-refractivity contribution is 0.547. The minimum absolute atomic E-state index is 0.271. The van der Waals surface area contributed by atoms with E-state index in [1.54, 1.807) is 11.3 Å². The summed E-state index contributed by atoms with van der Waals surface area (Å²) in [7, 11) is -2.79. The van der Waals surface area contributed by atoms with Gasteiger partial charge in [0.05, 0.1) is 11.5 Å². The predicted molar refractivity (Wildman–Crippen MR) is 63.3 cm³/mol. The van der Waals surface area contributed by atoms with E-state index in [1.165, 1.54) is 0 Å². The van der Waals surface area contributed by atoms with Gasteiger partial charge in [-0.05, 0) is 19.4 Å². The second kappa shape index (κ2) is 4.77. The molecule has 0 atom stereocenters. The molecule has 1 aliphatic rings. The number of nitrogens with two attached hydrogens (primary N) is 1. The Morgan fingerprint density at radius 3 is 2.62 bits per heavy atom. The van der Waals surface area contributed by atoms with Crippen LogP contribution in [0.2, 0.25) is 0 Å². The minimum Gasteiger partial charge on any atom is -0.330 e. The first-order chi connectivity index (χ1) is 7.61. The molecule has 2 heterocycles. The van der Waals surface area contributed by atoms with Crippen LogP contribution in [0.15, 0.2) is 0 Å². The summed E-state index contributed by atoms with van der Waals surface area (Å²) < 4.78 is 22.6. The molecule has 0 spiro atoms. The standard InChI is InChI=1S/C9H15N3O2S2/c10-4-1-8-11-12-9(15-8)7-2-5-16(13,14)6-3-7/h7H,1-6,10H2. The summed E-state index contributed by atoms with van der Waals surface area (Å²) in [6.45, 7) is 0.577. The third-order valence-electron chi connectivity index (χ3n) is 2.74. The number of sulfone groups is 1. The molecule has 0 saturated carbocycles. The maximum absolute atomic E-state index is 11.3. The average molecular weight is 261 g/mol. The second-order valence-electron chi connectivity index (χ2n) is 4.00. The molecule has 1 saturated heterocycles. The van der Waals surface area contributed by atoms with Crippen molar-refractivity contribution in [3.63, 3.8) is 0 Å². The van der Waals surface area contributed by atoms with Crippen LogP contribution in [-0.4, -0.2) is 36.7 Å². The monoisotopic (exact) mass is 261 g/mol. The van der Waals surface area contributed by atoms with Crippen molar-refractivity contribution < 1.29 is 8.42 Å². The summed E-state index contributed by atoms with van der Waals surface area (Å²) in [5.74, 6) is 0.833. The van der Waals surface area contributed by atoms with Crippen molar-refractivity contribution in [1.82, 2.24) is 10.2 Å². The van der Waals surface area contributed by atoms with Crippen molar-refractivity contribution in [3.05, 3.63) is 10.0 Å². The topological polar surface area (TPSA) is 85.9 Å². The molecule has 0 unspecified atom stereocenters. The van der Waals surface area contributed by atoms with Gasteiger partial charge in [0.15, 0.2) is 0 Å². The van der Waals surface area contributed by atoms with E-state index in [-0.39, 0.29) is 17.4 Å². The molecule has 5 nitrogen and oxygen atoms in total. The Kier molecular flexibility index (Phi) is 3.56. The highest BCUT2D eigenvalue weighted by molar-refractivity contribution is 7.91. The van der Waals surface area contributed by atoms with Crippen LogP contribution in [0.4, 0.5) is 0 Å². The van der Waals surface area contributed by atoms with Crippen molar-refractivity contribution in [2.24, 2.45) is 5.73 Å². The highest BCUT2D eigenvalue weighted by Gasteiger charge is 2.26. The van der Waals surface area contributed by atoms with E-state index >= 15 is 0 Å². The lowest BCUT2D eigenvalue weighted by atomic mass is 10.0. The highest BCUT2D eigenvalue weighted by Crippen LogP contribution is 2.30. The molecule has 1 fully saturated rings. The van der Waals surface area contributed by atoms with Crippen LogP contribution < -0.4 is 5.73 Å². The van der Waals surface area contributed by atoms with Gasteiger partial charge in [-0.3, -0.25) is 0 Å². The van der Waals surface area contributed by atoms with Crippen LogP contribution in [0.25, 0.3) is 0 Å². The normalized spacial score (nSPS) is 21.1. The van der Waals surface area contributed by atoms with Gasteiger partial charge in [0.2, 0.25) is 0 Å². The molecule has 0 aliphatic carbocycles. The van der Waals surface area contributed by atoms with Gasteiger partial charge in [-0.25, -0.2) is 8.42 Å². The molecule has 0 amide bonds. The fraction of sp³-hybridized carbons (Fsp3) is 0.778. The summed E-state index contributed by atoms with van der Waals surface area (Å²) in [5.41, 5.74) is 5.44. The third-order valence-corrected chi connectivity index (χ3v) is 5.61. The Bertz CT molecular complexity index is 441. The van der Waals surface area contributed by atoms with Crippen LogP contribution in [0, 0.1) is 0 Å². The van der Waals surface area contributed by atoms with Crippen molar-refractivity contribution in [1.29, 1.82) is 0 Å².